The average molecular weight is 235 g/mol. The molecule has 96 valence electrons. The Morgan fingerprint density at radius 2 is 1.94 bits per heavy atom. The van der Waals surface area contributed by atoms with Gasteiger partial charge in [0.05, 0.1) is 6.10 Å². The van der Waals surface area contributed by atoms with Gasteiger partial charge in [-0.3, -0.25) is 0 Å². The van der Waals surface area contributed by atoms with Crippen molar-refractivity contribution in [2.45, 2.75) is 63.5 Å². The molecular formula is C15H25NO. The van der Waals surface area contributed by atoms with Gasteiger partial charge in [0, 0.05) is 19.2 Å². The molecule has 1 aliphatic heterocycles. The smallest absolute Gasteiger partial charge is 0.0581 e. The summed E-state index contributed by atoms with van der Waals surface area (Å²) in [6.07, 6.45) is 11.9. The molecule has 4 aliphatic rings. The van der Waals surface area contributed by atoms with E-state index in [-0.39, 0.29) is 0 Å². The third-order valence-corrected chi connectivity index (χ3v) is 5.49. The number of hydrogen-bond donors (Lipinski definition) is 1. The summed E-state index contributed by atoms with van der Waals surface area (Å²) in [6, 6.07) is 0.869. The van der Waals surface area contributed by atoms with Gasteiger partial charge >= 0.3 is 0 Å². The summed E-state index contributed by atoms with van der Waals surface area (Å²) in [4.78, 5) is 0. The highest BCUT2D eigenvalue weighted by atomic mass is 16.5. The zero-order valence-corrected chi connectivity index (χ0v) is 10.8. The molecule has 17 heavy (non-hydrogen) atoms. The predicted octanol–water partition coefficient (Wildman–Crippen LogP) is 2.72. The molecule has 1 saturated heterocycles. The van der Waals surface area contributed by atoms with Crippen molar-refractivity contribution < 1.29 is 4.74 Å². The maximum Gasteiger partial charge on any atom is 0.0581 e. The normalized spacial score (nSPS) is 48.4. The molecule has 1 N–H and O–H groups in total. The first-order valence-electron chi connectivity index (χ1n) is 7.68. The summed E-state index contributed by atoms with van der Waals surface area (Å²) in [7, 11) is 0. The second-order valence-corrected chi connectivity index (χ2v) is 7.16. The van der Waals surface area contributed by atoms with Crippen LogP contribution in [0.3, 0.4) is 0 Å². The molecule has 0 radical (unpaired) electrons. The quantitative estimate of drug-likeness (QED) is 0.791. The van der Waals surface area contributed by atoms with Crippen LogP contribution in [-0.4, -0.2) is 25.3 Å². The van der Waals surface area contributed by atoms with Crippen LogP contribution < -0.4 is 5.32 Å². The molecule has 0 spiro atoms. The Kier molecular flexibility index (Phi) is 2.52. The van der Waals surface area contributed by atoms with Crippen LogP contribution in [0.1, 0.15) is 51.4 Å². The van der Waals surface area contributed by atoms with E-state index in [9.17, 15) is 0 Å². The molecule has 3 saturated carbocycles. The molecule has 3 unspecified atom stereocenters. The first-order valence-corrected chi connectivity index (χ1v) is 7.68. The van der Waals surface area contributed by atoms with E-state index in [4.69, 9.17) is 4.74 Å². The lowest BCUT2D eigenvalue weighted by molar-refractivity contribution is 0.0569. The lowest BCUT2D eigenvalue weighted by atomic mass is 9.77. The second kappa shape index (κ2) is 3.96. The summed E-state index contributed by atoms with van der Waals surface area (Å²) in [5.41, 5.74) is 0.616. The Labute approximate surface area is 104 Å². The van der Waals surface area contributed by atoms with Crippen LogP contribution in [0.2, 0.25) is 0 Å². The number of hydrogen-bond acceptors (Lipinski definition) is 2. The minimum Gasteiger partial charge on any atom is -0.378 e. The zero-order chi connectivity index (χ0) is 11.3. The largest absolute Gasteiger partial charge is 0.378 e. The van der Waals surface area contributed by atoms with E-state index in [0.717, 1.165) is 24.5 Å². The van der Waals surface area contributed by atoms with Gasteiger partial charge < -0.3 is 10.1 Å². The minimum absolute atomic E-state index is 0.591. The summed E-state index contributed by atoms with van der Waals surface area (Å²) in [5.74, 6) is 2.19. The van der Waals surface area contributed by atoms with Crippen molar-refractivity contribution in [1.82, 2.24) is 5.32 Å². The average Bonchev–Trinajstić information content (AvgIpc) is 3.20. The van der Waals surface area contributed by atoms with Gasteiger partial charge in [-0.1, -0.05) is 0 Å². The Balaban J connectivity index is 1.39. The van der Waals surface area contributed by atoms with Gasteiger partial charge in [0.25, 0.3) is 0 Å². The molecule has 4 fully saturated rings. The highest BCUT2D eigenvalue weighted by Crippen LogP contribution is 2.61. The molecular weight excluding hydrogens is 210 g/mol. The zero-order valence-electron chi connectivity index (χ0n) is 10.8. The third kappa shape index (κ3) is 2.26. The number of nitrogens with one attached hydrogen (secondary N) is 1. The molecule has 4 rings (SSSR count). The summed E-state index contributed by atoms with van der Waals surface area (Å²) in [6.45, 7) is 2.30. The van der Waals surface area contributed by atoms with Crippen molar-refractivity contribution in [3.63, 3.8) is 0 Å². The minimum atomic E-state index is 0.591. The standard InChI is InChI=1S/C15H25NO/c1-2-14(17-5-1)9-15(10-16-13-3-4-13)7-11-6-12(11)8-15/h11-14,16H,1-10H2. The van der Waals surface area contributed by atoms with Crippen molar-refractivity contribution in [1.29, 1.82) is 0 Å². The number of fused-ring (bicyclic) bond motifs is 1. The van der Waals surface area contributed by atoms with Crippen molar-refractivity contribution >= 4 is 0 Å². The van der Waals surface area contributed by atoms with Gasteiger partial charge in [0.2, 0.25) is 0 Å². The molecule has 0 aromatic rings. The fourth-order valence-corrected chi connectivity index (χ4v) is 4.33. The molecule has 0 amide bonds. The van der Waals surface area contributed by atoms with Crippen LogP contribution in [0.5, 0.6) is 0 Å². The van der Waals surface area contributed by atoms with Crippen LogP contribution in [0.15, 0.2) is 0 Å². The molecule has 3 aliphatic carbocycles. The summed E-state index contributed by atoms with van der Waals surface area (Å²) < 4.78 is 5.88. The first kappa shape index (κ1) is 10.8. The number of ether oxygens (including phenoxy) is 1. The lowest BCUT2D eigenvalue weighted by Crippen LogP contribution is -2.37. The molecule has 2 nitrogen and oxygen atoms in total. The molecule has 1 heterocycles. The molecule has 0 bridgehead atoms. The monoisotopic (exact) mass is 235 g/mol. The molecule has 2 heteroatoms. The van der Waals surface area contributed by atoms with E-state index < -0.39 is 0 Å². The van der Waals surface area contributed by atoms with Crippen LogP contribution >= 0.6 is 0 Å². The van der Waals surface area contributed by atoms with Crippen molar-refractivity contribution in [2.75, 3.05) is 13.2 Å². The SMILES string of the molecule is C1COC(CC2(CNC3CC3)CC3CC3C2)C1. The topological polar surface area (TPSA) is 21.3 Å². The molecule has 0 aromatic carbocycles. The predicted molar refractivity (Wildman–Crippen MR) is 67.9 cm³/mol. The molecule has 0 aromatic heterocycles. The highest BCUT2D eigenvalue weighted by molar-refractivity contribution is 5.05. The Morgan fingerprint density at radius 1 is 1.12 bits per heavy atom. The van der Waals surface area contributed by atoms with Gasteiger partial charge in [-0.2, -0.15) is 0 Å². The van der Waals surface area contributed by atoms with Crippen LogP contribution in [0, 0.1) is 17.3 Å². The summed E-state index contributed by atoms with van der Waals surface area (Å²) >= 11 is 0. The van der Waals surface area contributed by atoms with Crippen LogP contribution in [0.4, 0.5) is 0 Å². The lowest BCUT2D eigenvalue weighted by Gasteiger charge is -2.33. The van der Waals surface area contributed by atoms with Crippen LogP contribution in [0.25, 0.3) is 0 Å². The maximum absolute atomic E-state index is 5.88. The van der Waals surface area contributed by atoms with Gasteiger partial charge in [0.15, 0.2) is 0 Å². The van der Waals surface area contributed by atoms with Gasteiger partial charge in [-0.15, -0.1) is 0 Å². The van der Waals surface area contributed by atoms with E-state index in [0.29, 0.717) is 11.5 Å². The van der Waals surface area contributed by atoms with Crippen molar-refractivity contribution in [3.8, 4) is 0 Å². The third-order valence-electron chi connectivity index (χ3n) is 5.49. The van der Waals surface area contributed by atoms with Crippen molar-refractivity contribution in [2.24, 2.45) is 17.3 Å². The first-order chi connectivity index (χ1) is 8.33. The van der Waals surface area contributed by atoms with Crippen molar-refractivity contribution in [3.05, 3.63) is 0 Å². The second-order valence-electron chi connectivity index (χ2n) is 7.16. The highest BCUT2D eigenvalue weighted by Gasteiger charge is 2.54. The Hall–Kier alpha value is -0.0800. The Bertz CT molecular complexity index is 283. The fraction of sp³-hybridized carbons (Fsp3) is 1.00. The van der Waals surface area contributed by atoms with Gasteiger partial charge in [-0.05, 0) is 68.6 Å². The molecule has 3 atom stereocenters. The van der Waals surface area contributed by atoms with E-state index in [1.165, 1.54) is 57.9 Å². The van der Waals surface area contributed by atoms with Gasteiger partial charge in [0.1, 0.15) is 0 Å². The maximum atomic E-state index is 5.88. The fourth-order valence-electron chi connectivity index (χ4n) is 4.33. The van der Waals surface area contributed by atoms with E-state index in [1.54, 1.807) is 0 Å². The van der Waals surface area contributed by atoms with Crippen LogP contribution in [-0.2, 0) is 4.74 Å². The number of rotatable bonds is 5. The van der Waals surface area contributed by atoms with E-state index >= 15 is 0 Å². The van der Waals surface area contributed by atoms with E-state index in [1.807, 2.05) is 0 Å². The van der Waals surface area contributed by atoms with Gasteiger partial charge in [-0.25, -0.2) is 0 Å². The van der Waals surface area contributed by atoms with E-state index in [2.05, 4.69) is 5.32 Å². The summed E-state index contributed by atoms with van der Waals surface area (Å²) in [5, 5.41) is 3.80. The Morgan fingerprint density at radius 3 is 2.59 bits per heavy atom.